The minimum absolute atomic E-state index is 0.150. The van der Waals surface area contributed by atoms with E-state index in [1.165, 1.54) is 4.68 Å². The lowest BCUT2D eigenvalue weighted by Crippen LogP contribution is -2.04. The van der Waals surface area contributed by atoms with Crippen LogP contribution in [0.5, 0.6) is 0 Å². The fourth-order valence-corrected chi connectivity index (χ4v) is 1.09. The molecule has 68 valence electrons. The van der Waals surface area contributed by atoms with Crippen molar-refractivity contribution in [1.82, 2.24) is 9.78 Å². The summed E-state index contributed by atoms with van der Waals surface area (Å²) >= 11 is 0. The van der Waals surface area contributed by atoms with Gasteiger partial charge in [-0.1, -0.05) is 0 Å². The van der Waals surface area contributed by atoms with E-state index in [2.05, 4.69) is 5.10 Å². The second-order valence-corrected chi connectivity index (χ2v) is 2.55. The average molecular weight is 175 g/mol. The van der Waals surface area contributed by atoms with Crippen molar-refractivity contribution in [2.75, 3.05) is 6.54 Å². The smallest absolute Gasteiger partial charge is 0.282 e. The molecule has 12 heavy (non-hydrogen) atoms. The summed E-state index contributed by atoms with van der Waals surface area (Å²) in [4.78, 5) is 0. The molecule has 0 unspecified atom stereocenters. The molecule has 0 saturated heterocycles. The maximum atomic E-state index is 12.2. The lowest BCUT2D eigenvalue weighted by atomic mass is 10.2. The van der Waals surface area contributed by atoms with Gasteiger partial charge in [0.15, 0.2) is 0 Å². The summed E-state index contributed by atoms with van der Waals surface area (Å²) in [6.07, 6.45) is -0.477. The zero-order valence-electron chi connectivity index (χ0n) is 6.80. The Morgan fingerprint density at radius 1 is 1.67 bits per heavy atom. The van der Waals surface area contributed by atoms with E-state index in [9.17, 15) is 8.78 Å². The summed E-state index contributed by atoms with van der Waals surface area (Å²) in [7, 11) is 1.62. The van der Waals surface area contributed by atoms with Crippen LogP contribution in [0.3, 0.4) is 0 Å². The predicted molar refractivity (Wildman–Crippen MR) is 40.9 cm³/mol. The van der Waals surface area contributed by atoms with Crippen molar-refractivity contribution in [2.45, 2.75) is 12.8 Å². The van der Waals surface area contributed by atoms with Gasteiger partial charge in [0.1, 0.15) is 5.69 Å². The van der Waals surface area contributed by atoms with Gasteiger partial charge in [0.2, 0.25) is 0 Å². The van der Waals surface area contributed by atoms with Gasteiger partial charge < -0.3 is 5.73 Å². The molecule has 0 saturated carbocycles. The monoisotopic (exact) mass is 175 g/mol. The first kappa shape index (κ1) is 9.12. The molecule has 1 aromatic rings. The van der Waals surface area contributed by atoms with Gasteiger partial charge in [-0.3, -0.25) is 4.68 Å². The van der Waals surface area contributed by atoms with E-state index in [4.69, 9.17) is 5.73 Å². The Bertz CT molecular complexity index is 257. The van der Waals surface area contributed by atoms with Crippen LogP contribution in [0.4, 0.5) is 8.78 Å². The number of nitrogens with zero attached hydrogens (tertiary/aromatic N) is 2. The van der Waals surface area contributed by atoms with E-state index in [0.717, 1.165) is 0 Å². The highest BCUT2D eigenvalue weighted by atomic mass is 19.3. The Morgan fingerprint density at radius 2 is 2.33 bits per heavy atom. The lowest BCUT2D eigenvalue weighted by Gasteiger charge is -1.96. The molecule has 2 N–H and O–H groups in total. The standard InChI is InChI=1S/C7H11F2N3/c1-12-4-5(2-3-10)6(11-12)7(8)9/h4,7H,2-3,10H2,1H3. The molecule has 1 heterocycles. The zero-order chi connectivity index (χ0) is 9.14. The van der Waals surface area contributed by atoms with E-state index in [0.29, 0.717) is 18.5 Å². The van der Waals surface area contributed by atoms with Gasteiger partial charge in [-0.2, -0.15) is 5.10 Å². The summed E-state index contributed by atoms with van der Waals surface area (Å²) in [6.45, 7) is 0.366. The van der Waals surface area contributed by atoms with Crippen molar-refractivity contribution in [2.24, 2.45) is 12.8 Å². The van der Waals surface area contributed by atoms with Crippen LogP contribution < -0.4 is 5.73 Å². The highest BCUT2D eigenvalue weighted by molar-refractivity contribution is 5.18. The van der Waals surface area contributed by atoms with E-state index in [1.807, 2.05) is 0 Å². The molecule has 5 heteroatoms. The number of hydrogen-bond donors (Lipinski definition) is 1. The Morgan fingerprint density at radius 3 is 2.83 bits per heavy atom. The van der Waals surface area contributed by atoms with Gasteiger partial charge in [0, 0.05) is 18.8 Å². The van der Waals surface area contributed by atoms with E-state index < -0.39 is 6.43 Å². The zero-order valence-corrected chi connectivity index (χ0v) is 6.80. The average Bonchev–Trinajstić information content (AvgIpc) is 2.32. The van der Waals surface area contributed by atoms with Gasteiger partial charge in [0.05, 0.1) is 0 Å². The first-order valence-corrected chi connectivity index (χ1v) is 3.65. The molecule has 0 fully saturated rings. The second kappa shape index (κ2) is 3.62. The van der Waals surface area contributed by atoms with Crippen LogP contribution in [0, 0.1) is 0 Å². The Kier molecular flexibility index (Phi) is 2.75. The van der Waals surface area contributed by atoms with Gasteiger partial charge in [-0.15, -0.1) is 0 Å². The molecular weight excluding hydrogens is 164 g/mol. The third-order valence-corrected chi connectivity index (χ3v) is 1.56. The molecular formula is C7H11F2N3. The van der Waals surface area contributed by atoms with Gasteiger partial charge in [0.25, 0.3) is 6.43 Å². The molecule has 3 nitrogen and oxygen atoms in total. The highest BCUT2D eigenvalue weighted by Crippen LogP contribution is 2.20. The minimum atomic E-state index is -2.51. The van der Waals surface area contributed by atoms with Crippen LogP contribution in [-0.4, -0.2) is 16.3 Å². The fourth-order valence-electron chi connectivity index (χ4n) is 1.09. The van der Waals surface area contributed by atoms with E-state index in [1.54, 1.807) is 13.2 Å². The van der Waals surface area contributed by atoms with Crippen LogP contribution in [0.15, 0.2) is 6.20 Å². The molecule has 0 amide bonds. The number of aromatic nitrogens is 2. The Labute approximate surface area is 69.2 Å². The van der Waals surface area contributed by atoms with Gasteiger partial charge in [-0.05, 0) is 13.0 Å². The van der Waals surface area contributed by atoms with Crippen LogP contribution in [-0.2, 0) is 13.5 Å². The number of aryl methyl sites for hydroxylation is 1. The van der Waals surface area contributed by atoms with Crippen molar-refractivity contribution in [3.63, 3.8) is 0 Å². The van der Waals surface area contributed by atoms with Crippen LogP contribution in [0.25, 0.3) is 0 Å². The molecule has 0 aliphatic rings. The van der Waals surface area contributed by atoms with Crippen molar-refractivity contribution >= 4 is 0 Å². The summed E-state index contributed by atoms with van der Waals surface area (Å²) in [5.74, 6) is 0. The number of nitrogens with two attached hydrogens (primary N) is 1. The third-order valence-electron chi connectivity index (χ3n) is 1.56. The first-order chi connectivity index (χ1) is 5.65. The van der Waals surface area contributed by atoms with E-state index in [-0.39, 0.29) is 5.69 Å². The molecule has 0 radical (unpaired) electrons. The fraction of sp³-hybridized carbons (Fsp3) is 0.571. The normalized spacial score (nSPS) is 11.1. The number of rotatable bonds is 3. The summed E-state index contributed by atoms with van der Waals surface area (Å²) in [5.41, 5.74) is 5.64. The lowest BCUT2D eigenvalue weighted by molar-refractivity contribution is 0.144. The largest absolute Gasteiger partial charge is 0.330 e. The van der Waals surface area contributed by atoms with Crippen LogP contribution in [0.1, 0.15) is 17.7 Å². The molecule has 0 atom stereocenters. The van der Waals surface area contributed by atoms with E-state index >= 15 is 0 Å². The highest BCUT2D eigenvalue weighted by Gasteiger charge is 2.16. The summed E-state index contributed by atoms with van der Waals surface area (Å²) < 4.78 is 25.9. The van der Waals surface area contributed by atoms with Crippen molar-refractivity contribution in [3.05, 3.63) is 17.5 Å². The predicted octanol–water partition coefficient (Wildman–Crippen LogP) is 0.859. The van der Waals surface area contributed by atoms with Crippen molar-refractivity contribution < 1.29 is 8.78 Å². The second-order valence-electron chi connectivity index (χ2n) is 2.55. The molecule has 0 aromatic carbocycles. The molecule has 1 aromatic heterocycles. The third kappa shape index (κ3) is 1.79. The number of alkyl halides is 2. The van der Waals surface area contributed by atoms with Crippen molar-refractivity contribution in [1.29, 1.82) is 0 Å². The summed E-state index contributed by atoms with van der Waals surface area (Å²) in [6, 6.07) is 0. The SMILES string of the molecule is Cn1cc(CCN)c(C(F)F)n1. The van der Waals surface area contributed by atoms with Crippen LogP contribution in [0.2, 0.25) is 0 Å². The number of hydrogen-bond acceptors (Lipinski definition) is 2. The maximum absolute atomic E-state index is 12.2. The number of halogens is 2. The summed E-state index contributed by atoms with van der Waals surface area (Å²) in [5, 5.41) is 3.64. The maximum Gasteiger partial charge on any atom is 0.282 e. The molecule has 0 aliphatic carbocycles. The Balaban J connectivity index is 2.92. The molecule has 0 aliphatic heterocycles. The minimum Gasteiger partial charge on any atom is -0.330 e. The Hall–Kier alpha value is -0.970. The molecule has 1 rings (SSSR count). The molecule has 0 spiro atoms. The van der Waals surface area contributed by atoms with Crippen LogP contribution >= 0.6 is 0 Å². The van der Waals surface area contributed by atoms with Crippen molar-refractivity contribution in [3.8, 4) is 0 Å². The quantitative estimate of drug-likeness (QED) is 0.740. The first-order valence-electron chi connectivity index (χ1n) is 3.65. The molecule has 0 bridgehead atoms. The topological polar surface area (TPSA) is 43.8 Å². The van der Waals surface area contributed by atoms with Gasteiger partial charge >= 0.3 is 0 Å². The van der Waals surface area contributed by atoms with Gasteiger partial charge in [-0.25, -0.2) is 8.78 Å².